The van der Waals surface area contributed by atoms with E-state index in [0.29, 0.717) is 45.6 Å². The fraction of sp³-hybridized carbons (Fsp3) is 0.368. The smallest absolute Gasteiger partial charge is 0.382 e. The van der Waals surface area contributed by atoms with Crippen LogP contribution in [0.2, 0.25) is 0 Å². The molecule has 2 fully saturated rings. The maximum Gasteiger partial charge on any atom is 0.435 e. The van der Waals surface area contributed by atoms with Gasteiger partial charge in [-0.15, -0.1) is 0 Å². The number of rotatable bonds is 8. The molecule has 0 spiro atoms. The van der Waals surface area contributed by atoms with E-state index < -0.39 is 82.8 Å². The summed E-state index contributed by atoms with van der Waals surface area (Å²) in [5.41, 5.74) is 4.31. The quantitative estimate of drug-likeness (QED) is 0.129. The molecule has 274 valence electrons. The molecule has 0 radical (unpaired) electrons. The van der Waals surface area contributed by atoms with Crippen molar-refractivity contribution in [3.05, 3.63) is 94.1 Å². The van der Waals surface area contributed by atoms with Crippen LogP contribution in [0.15, 0.2) is 48.5 Å². The van der Waals surface area contributed by atoms with Crippen LogP contribution < -0.4 is 5.73 Å². The van der Waals surface area contributed by atoms with Crippen LogP contribution in [0.25, 0.3) is 22.0 Å². The molecule has 15 heteroatoms. The molecule has 0 saturated heterocycles. The average molecular weight is 737 g/mol. The molecule has 0 unspecified atom stereocenters. The zero-order valence-corrected chi connectivity index (χ0v) is 28.1. The summed E-state index contributed by atoms with van der Waals surface area (Å²) < 4.78 is 104. The van der Waals surface area contributed by atoms with E-state index in [-0.39, 0.29) is 35.6 Å². The Kier molecular flexibility index (Phi) is 7.99. The number of hydrogen-bond acceptors (Lipinski definition) is 6. The summed E-state index contributed by atoms with van der Waals surface area (Å²) in [4.78, 5) is 18.7. The molecule has 3 atom stereocenters. The van der Waals surface area contributed by atoms with Gasteiger partial charge in [-0.3, -0.25) is 14.2 Å². The van der Waals surface area contributed by atoms with E-state index in [0.717, 1.165) is 18.6 Å². The van der Waals surface area contributed by atoms with E-state index in [2.05, 4.69) is 22.0 Å². The third-order valence-corrected chi connectivity index (χ3v) is 10.5. The van der Waals surface area contributed by atoms with Gasteiger partial charge in [0, 0.05) is 53.4 Å². The number of aliphatic hydroxyl groups is 1. The molecular weight excluding hydrogens is 705 g/mol. The summed E-state index contributed by atoms with van der Waals surface area (Å²) >= 11 is 0. The van der Waals surface area contributed by atoms with Gasteiger partial charge >= 0.3 is 6.18 Å². The topological polar surface area (TPSA) is 112 Å². The van der Waals surface area contributed by atoms with E-state index in [1.807, 2.05) is 0 Å². The highest BCUT2D eigenvalue weighted by Gasteiger charge is 2.68. The third kappa shape index (κ3) is 6.12. The van der Waals surface area contributed by atoms with Crippen LogP contribution in [-0.2, 0) is 36.9 Å². The minimum absolute atomic E-state index is 0.102. The summed E-state index contributed by atoms with van der Waals surface area (Å²) in [6.45, 7) is -0.906. The second-order valence-electron chi connectivity index (χ2n) is 14.2. The molecule has 3 heterocycles. The van der Waals surface area contributed by atoms with E-state index in [1.165, 1.54) is 0 Å². The van der Waals surface area contributed by atoms with E-state index >= 15 is 8.78 Å². The molecule has 2 saturated carbocycles. The lowest BCUT2D eigenvalue weighted by Crippen LogP contribution is -2.34. The van der Waals surface area contributed by atoms with E-state index in [1.54, 1.807) is 42.1 Å². The first-order valence-electron chi connectivity index (χ1n) is 17.0. The van der Waals surface area contributed by atoms with Gasteiger partial charge in [-0.1, -0.05) is 18.1 Å². The van der Waals surface area contributed by atoms with Crippen molar-refractivity contribution in [2.45, 2.75) is 74.6 Å². The van der Waals surface area contributed by atoms with Crippen molar-refractivity contribution in [3.63, 3.8) is 0 Å². The third-order valence-electron chi connectivity index (χ3n) is 10.5. The number of carbonyl (C=O) groups excluding carboxylic acids is 1. The molecule has 3 aromatic heterocycles. The Labute approximate surface area is 297 Å². The number of aromatic nitrogens is 5. The summed E-state index contributed by atoms with van der Waals surface area (Å²) in [6, 6.07) is 11.4. The molecular formula is C38H31F7N6O2. The van der Waals surface area contributed by atoms with Gasteiger partial charge in [0.2, 0.25) is 0 Å². The number of nitrogen functional groups attached to an aromatic ring is 1. The van der Waals surface area contributed by atoms with Crippen molar-refractivity contribution >= 4 is 22.5 Å². The largest absolute Gasteiger partial charge is 0.435 e. The molecule has 3 aliphatic rings. The number of fused-ring (bicyclic) bond motifs is 4. The summed E-state index contributed by atoms with van der Waals surface area (Å²) in [7, 11) is 1.68. The number of alkyl halides is 5. The molecule has 0 amide bonds. The van der Waals surface area contributed by atoms with Gasteiger partial charge in [0.1, 0.15) is 35.2 Å². The number of halogens is 7. The Balaban J connectivity index is 1.25. The molecule has 3 aliphatic carbocycles. The number of anilines is 1. The summed E-state index contributed by atoms with van der Waals surface area (Å²) in [5.74, 6) is -3.43. The van der Waals surface area contributed by atoms with E-state index in [9.17, 15) is 31.9 Å². The van der Waals surface area contributed by atoms with Crippen molar-refractivity contribution in [2.75, 3.05) is 5.73 Å². The number of aryl methyl sites for hydroxylation is 1. The molecule has 0 aliphatic heterocycles. The highest BCUT2D eigenvalue weighted by atomic mass is 19.4. The fourth-order valence-corrected chi connectivity index (χ4v) is 7.86. The Bertz CT molecular complexity index is 2360. The van der Waals surface area contributed by atoms with Crippen LogP contribution in [0.5, 0.6) is 0 Å². The Morgan fingerprint density at radius 1 is 1.08 bits per heavy atom. The Morgan fingerprint density at radius 2 is 1.81 bits per heavy atom. The fourth-order valence-electron chi connectivity index (χ4n) is 7.86. The van der Waals surface area contributed by atoms with Gasteiger partial charge in [0.05, 0.1) is 11.2 Å². The predicted molar refractivity (Wildman–Crippen MR) is 178 cm³/mol. The van der Waals surface area contributed by atoms with Crippen LogP contribution in [0.4, 0.5) is 36.6 Å². The SMILES string of the molecule is Cn1nc(N)c2cccc(-c3ccc(C#CC4(O)CCC4)nc3[C@@H](CC(=O)Cn3nc(C(F)(F)F)c4c3C(F)(F)[C@@H]3C[C@H]43)Cc3cc(F)cc(F)c3)c21. The number of Topliss-reactive ketones (excluding diaryl/α,β-unsaturated/α-hetero) is 1. The normalized spacial score (nSPS) is 19.9. The maximum atomic E-state index is 15.3. The standard InChI is InChI=1S/C38H31F7N6O2/c1-50-32-26(4-2-5-27(32)35(46)49-50)25-7-6-23(8-11-36(53)9-3-10-36)47-31(25)20(12-19-13-21(39)16-22(40)14-19)15-24(52)18-51-34-30(33(48-51)38(43,44)45)28-17-29(28)37(34,41)42/h2,4-7,13-14,16,20,28-29,53H,3,9-10,12,15,17-18H2,1H3,(H2,46,49)/t20-,28+,29-/m1/s1. The lowest BCUT2D eigenvalue weighted by molar-refractivity contribution is -0.142. The van der Waals surface area contributed by atoms with Crippen molar-refractivity contribution in [2.24, 2.45) is 13.0 Å². The number of carbonyl (C=O) groups is 1. The van der Waals surface area contributed by atoms with Crippen molar-refractivity contribution < 1.29 is 40.6 Å². The van der Waals surface area contributed by atoms with Gasteiger partial charge in [-0.25, -0.2) is 13.8 Å². The summed E-state index contributed by atoms with van der Waals surface area (Å²) in [6.07, 6.45) is -4.04. The minimum atomic E-state index is -5.01. The molecule has 53 heavy (non-hydrogen) atoms. The van der Waals surface area contributed by atoms with Crippen molar-refractivity contribution in [1.29, 1.82) is 0 Å². The molecule has 2 aromatic carbocycles. The minimum Gasteiger partial charge on any atom is -0.382 e. The summed E-state index contributed by atoms with van der Waals surface area (Å²) in [5, 5.41) is 19.1. The van der Waals surface area contributed by atoms with Crippen LogP contribution in [0, 0.1) is 29.4 Å². The molecule has 0 bridgehead atoms. The van der Waals surface area contributed by atoms with Gasteiger partial charge in [0.15, 0.2) is 17.3 Å². The average Bonchev–Trinajstić information content (AvgIpc) is 3.62. The van der Waals surface area contributed by atoms with Gasteiger partial charge < -0.3 is 10.8 Å². The first kappa shape index (κ1) is 34.8. The maximum absolute atomic E-state index is 15.3. The second-order valence-corrected chi connectivity index (χ2v) is 14.2. The number of nitrogens with two attached hydrogens (primary N) is 1. The molecule has 3 N–H and O–H groups in total. The lowest BCUT2D eigenvalue weighted by Gasteiger charge is -2.30. The number of nitrogens with zero attached hydrogens (tertiary/aromatic N) is 5. The van der Waals surface area contributed by atoms with Gasteiger partial charge in [-0.05, 0) is 79.8 Å². The van der Waals surface area contributed by atoms with Crippen molar-refractivity contribution in [3.8, 4) is 23.0 Å². The molecule has 8 nitrogen and oxygen atoms in total. The lowest BCUT2D eigenvalue weighted by atomic mass is 9.81. The van der Waals surface area contributed by atoms with Crippen LogP contribution in [0.3, 0.4) is 0 Å². The van der Waals surface area contributed by atoms with Crippen LogP contribution in [-0.4, -0.2) is 41.0 Å². The van der Waals surface area contributed by atoms with Crippen LogP contribution in [0.1, 0.15) is 77.8 Å². The van der Waals surface area contributed by atoms with Crippen molar-refractivity contribution in [1.82, 2.24) is 24.5 Å². The highest BCUT2D eigenvalue weighted by Crippen LogP contribution is 2.68. The second kappa shape index (κ2) is 12.2. The zero-order valence-electron chi connectivity index (χ0n) is 28.1. The van der Waals surface area contributed by atoms with Gasteiger partial charge in [-0.2, -0.15) is 32.1 Å². The Hall–Kier alpha value is -5.23. The zero-order chi connectivity index (χ0) is 37.6. The molecule has 5 aromatic rings. The number of pyridine rings is 1. The monoisotopic (exact) mass is 736 g/mol. The predicted octanol–water partition coefficient (Wildman–Crippen LogP) is 7.17. The highest BCUT2D eigenvalue weighted by molar-refractivity contribution is 6.00. The number of ketones is 1. The molecule has 8 rings (SSSR count). The van der Waals surface area contributed by atoms with Gasteiger partial charge in [0.25, 0.3) is 5.92 Å². The first-order valence-corrected chi connectivity index (χ1v) is 17.0. The van der Waals surface area contributed by atoms with Crippen LogP contribution >= 0.6 is 0 Å². The van der Waals surface area contributed by atoms with E-state index in [4.69, 9.17) is 10.7 Å². The Morgan fingerprint density at radius 3 is 2.49 bits per heavy atom. The first-order chi connectivity index (χ1) is 25.0. The number of hydrogen-bond donors (Lipinski definition) is 2. The number of benzene rings is 2. The number of para-hydroxylation sites is 1.